The molecule has 0 N–H and O–H groups in total. The third-order valence-electron chi connectivity index (χ3n) is 10.4. The van der Waals surface area contributed by atoms with E-state index in [0.29, 0.717) is 0 Å². The number of halogens is 2. The zero-order valence-electron chi connectivity index (χ0n) is 36.0. The number of rotatable bonds is 6. The molecular weight excluding hydrogens is 751 g/mol. The van der Waals surface area contributed by atoms with E-state index in [1.807, 2.05) is 0 Å². The van der Waals surface area contributed by atoms with Crippen LogP contribution in [0, 0.1) is 33.8 Å². The fourth-order valence-electron chi connectivity index (χ4n) is 8.06. The minimum atomic E-state index is -0.361. The average Bonchev–Trinajstić information content (AvgIpc) is 3.64. The fraction of sp³-hybridized carbons (Fsp3) is 0.652. The summed E-state index contributed by atoms with van der Waals surface area (Å²) in [5.74, 6) is 0. The van der Waals surface area contributed by atoms with Gasteiger partial charge in [0.1, 0.15) is 11.2 Å². The summed E-state index contributed by atoms with van der Waals surface area (Å²) in [6, 6.07) is 0. The molecule has 2 nitrogen and oxygen atoms in total. The molecule has 0 spiro atoms. The van der Waals surface area contributed by atoms with Crippen molar-refractivity contribution in [2.24, 2.45) is 21.7 Å². The summed E-state index contributed by atoms with van der Waals surface area (Å²) in [4.78, 5) is 0. The van der Waals surface area contributed by atoms with Crippen LogP contribution in [0.25, 0.3) is 0 Å². The van der Waals surface area contributed by atoms with Crippen molar-refractivity contribution >= 4 is 0 Å². The van der Waals surface area contributed by atoms with Crippen molar-refractivity contribution in [1.29, 1.82) is 0 Å². The van der Waals surface area contributed by atoms with Crippen LogP contribution in [-0.4, -0.2) is 22.4 Å². The number of hydrogen-bond donors (Lipinski definition) is 0. The van der Waals surface area contributed by atoms with Gasteiger partial charge in [0, 0.05) is 0 Å². The summed E-state index contributed by atoms with van der Waals surface area (Å²) in [7, 11) is 0. The molecule has 0 aromatic carbocycles. The van der Waals surface area contributed by atoms with E-state index in [0.717, 1.165) is 25.7 Å². The average molecular weight is 822 g/mol. The molecule has 0 heterocycles. The normalized spacial score (nSPS) is 23.5. The maximum Gasteiger partial charge on any atom is 2.00 e. The van der Waals surface area contributed by atoms with Gasteiger partial charge in [0.2, 0.25) is 0 Å². The molecule has 0 saturated carbocycles. The Labute approximate surface area is 363 Å². The summed E-state index contributed by atoms with van der Waals surface area (Å²) >= 11 is 0. The van der Waals surface area contributed by atoms with Gasteiger partial charge in [-0.3, -0.25) is 12.2 Å². The van der Waals surface area contributed by atoms with E-state index in [9.17, 15) is 0 Å². The molecule has 288 valence electrons. The Morgan fingerprint density at radius 2 is 0.808 bits per heavy atom. The molecule has 0 aromatic rings. The van der Waals surface area contributed by atoms with Crippen LogP contribution in [0.4, 0.5) is 0 Å². The van der Waals surface area contributed by atoms with Gasteiger partial charge in [-0.15, -0.1) is 12.8 Å². The van der Waals surface area contributed by atoms with Crippen molar-refractivity contribution in [3.63, 3.8) is 0 Å². The molecule has 0 amide bonds. The Morgan fingerprint density at radius 1 is 0.519 bits per heavy atom. The van der Waals surface area contributed by atoms with Gasteiger partial charge in [0.25, 0.3) is 0 Å². The van der Waals surface area contributed by atoms with Gasteiger partial charge in [-0.2, -0.15) is 12.2 Å². The summed E-state index contributed by atoms with van der Waals surface area (Å²) in [6.45, 7) is 40.5. The second kappa shape index (κ2) is 18.9. The maximum atomic E-state index is 6.92. The van der Waals surface area contributed by atoms with Crippen LogP contribution in [0.5, 0.6) is 0 Å². The van der Waals surface area contributed by atoms with Crippen LogP contribution in [0.3, 0.4) is 0 Å². The molecule has 0 saturated heterocycles. The number of allylic oxidation sites excluding steroid dienone is 10. The predicted molar refractivity (Wildman–Crippen MR) is 208 cm³/mol. The second-order valence-electron chi connectivity index (χ2n) is 19.6. The molecule has 0 radical (unpaired) electrons. The minimum Gasteiger partial charge on any atom is -1.00 e. The first-order valence-electron chi connectivity index (χ1n) is 18.3. The van der Waals surface area contributed by atoms with E-state index in [1.54, 1.807) is 0 Å². The molecular formula is C46H70Cl2O2Ti2. The Kier molecular flexibility index (Phi) is 19.6. The smallest absolute Gasteiger partial charge is 1.00 e. The van der Waals surface area contributed by atoms with E-state index in [-0.39, 0.29) is 112 Å². The molecule has 6 heteroatoms. The van der Waals surface area contributed by atoms with Gasteiger partial charge in [-0.05, 0) is 101 Å². The van der Waals surface area contributed by atoms with E-state index in [4.69, 9.17) is 9.47 Å². The van der Waals surface area contributed by atoms with Crippen LogP contribution in [0.1, 0.15) is 150 Å². The minimum absolute atomic E-state index is 0. The molecule has 4 aliphatic carbocycles. The molecule has 0 fully saturated rings. The quantitative estimate of drug-likeness (QED) is 0.210. The third kappa shape index (κ3) is 11.9. The third-order valence-corrected chi connectivity index (χ3v) is 10.4. The van der Waals surface area contributed by atoms with Crippen LogP contribution >= 0.6 is 0 Å². The molecule has 0 bridgehead atoms. The largest absolute Gasteiger partial charge is 2.00 e. The van der Waals surface area contributed by atoms with E-state index < -0.39 is 0 Å². The first kappa shape index (κ1) is 53.9. The predicted octanol–water partition coefficient (Wildman–Crippen LogP) is 7.16. The Balaban J connectivity index is 0. The van der Waals surface area contributed by atoms with Gasteiger partial charge in [0.15, 0.2) is 0 Å². The van der Waals surface area contributed by atoms with Crippen molar-refractivity contribution in [2.75, 3.05) is 0 Å². The summed E-state index contributed by atoms with van der Waals surface area (Å²) in [5, 5.41) is 0. The number of ether oxygens (including phenoxy) is 2. The van der Waals surface area contributed by atoms with Gasteiger partial charge in [-0.1, -0.05) is 105 Å². The van der Waals surface area contributed by atoms with Gasteiger partial charge in [0.05, 0.1) is 11.2 Å². The monoisotopic (exact) mass is 820 g/mol. The molecule has 4 rings (SSSR count). The summed E-state index contributed by atoms with van der Waals surface area (Å²) < 4.78 is 13.8. The van der Waals surface area contributed by atoms with Gasteiger partial charge >= 0.3 is 43.4 Å². The molecule has 0 aliphatic heterocycles. The summed E-state index contributed by atoms with van der Waals surface area (Å²) in [5.41, 5.74) is 6.63. The standard InChI is InChI=1S/2C23H35O.2ClH.2Ti/c2*1-17-14-15-23(24-21(5,6)7,19(16-17)20(2,3)4)22(8,9)18-12-10-11-13-18;;;;/h2*10,12,14,16H,11,15H2,1-9H3;2*1H;;/q2*-1;;;2*+2/p-2. The van der Waals surface area contributed by atoms with Gasteiger partial charge in [-0.25, -0.2) is 23.3 Å². The topological polar surface area (TPSA) is 18.5 Å². The number of hydrogen-bond acceptors (Lipinski definition) is 2. The SMILES string of the molecule is CC1=CCC(OC(C)(C)C)(C(C)(C)C2=[C-]CC=C2)C(C(C)(C)C)=C1.CC1=CCC(OC(C)(C)C)(C(C)(C)C2=[C-]CC=C2)C(C(C)(C)C)=C1.[Cl-].[Cl-].[Ti+2].[Ti+2]. The molecule has 0 aromatic heterocycles. The zero-order chi connectivity index (χ0) is 36.8. The van der Waals surface area contributed by atoms with Crippen molar-refractivity contribution in [3.05, 3.63) is 94.2 Å². The Bertz CT molecular complexity index is 1360. The van der Waals surface area contributed by atoms with Crippen LogP contribution < -0.4 is 24.8 Å². The maximum absolute atomic E-state index is 6.92. The first-order valence-corrected chi connectivity index (χ1v) is 18.3. The van der Waals surface area contributed by atoms with Gasteiger partial charge < -0.3 is 34.3 Å². The fourth-order valence-corrected chi connectivity index (χ4v) is 8.06. The van der Waals surface area contributed by atoms with E-state index in [2.05, 4.69) is 185 Å². The van der Waals surface area contributed by atoms with Crippen molar-refractivity contribution in [2.45, 2.75) is 173 Å². The first-order chi connectivity index (χ1) is 21.6. The van der Waals surface area contributed by atoms with Crippen molar-refractivity contribution in [1.82, 2.24) is 0 Å². The van der Waals surface area contributed by atoms with Crippen molar-refractivity contribution in [3.8, 4) is 0 Å². The Morgan fingerprint density at radius 3 is 1.02 bits per heavy atom. The van der Waals surface area contributed by atoms with Crippen LogP contribution in [0.15, 0.2) is 82.0 Å². The Hall–Kier alpha value is -0.151. The molecule has 52 heavy (non-hydrogen) atoms. The van der Waals surface area contributed by atoms with Crippen LogP contribution in [-0.2, 0) is 52.9 Å². The zero-order valence-corrected chi connectivity index (χ0v) is 40.7. The van der Waals surface area contributed by atoms with Crippen LogP contribution in [0.2, 0.25) is 0 Å². The van der Waals surface area contributed by atoms with E-state index in [1.165, 1.54) is 33.4 Å². The van der Waals surface area contributed by atoms with E-state index >= 15 is 0 Å². The van der Waals surface area contributed by atoms with Crippen molar-refractivity contribution < 1.29 is 77.7 Å². The molecule has 2 unspecified atom stereocenters. The molecule has 4 aliphatic rings. The summed E-state index contributed by atoms with van der Waals surface area (Å²) in [6.07, 6.45) is 29.0. The molecule has 2 atom stereocenters. The second-order valence-corrected chi connectivity index (χ2v) is 19.6.